The Morgan fingerprint density at radius 2 is 2.36 bits per heavy atom. The van der Waals surface area contributed by atoms with Gasteiger partial charge >= 0.3 is 0 Å². The average molecular weight is 261 g/mol. The van der Waals surface area contributed by atoms with E-state index in [0.29, 0.717) is 0 Å². The van der Waals surface area contributed by atoms with Gasteiger partial charge in [0.1, 0.15) is 0 Å². The summed E-state index contributed by atoms with van der Waals surface area (Å²) in [5.74, 6) is 0. The zero-order valence-electron chi connectivity index (χ0n) is 6.01. The second kappa shape index (κ2) is 3.06. The number of halogens is 1. The minimum absolute atomic E-state index is 0.735. The number of rotatable bonds is 0. The molecule has 0 unspecified atom stereocenters. The molecule has 0 aromatic carbocycles. The van der Waals surface area contributed by atoms with Gasteiger partial charge in [-0.2, -0.15) is 0 Å². The van der Waals surface area contributed by atoms with Gasteiger partial charge in [0.05, 0.1) is 13.2 Å². The standard InChI is InChI=1S/C8H8INO/c9-8-4-10-3-6-5-11-2-1-7(6)8/h3-4H,1-2,5H2. The Labute approximate surface area is 79.1 Å². The molecule has 3 heteroatoms. The molecule has 0 spiro atoms. The summed E-state index contributed by atoms with van der Waals surface area (Å²) in [6.07, 6.45) is 4.84. The van der Waals surface area contributed by atoms with Gasteiger partial charge in [-0.05, 0) is 34.6 Å². The molecule has 0 amide bonds. The van der Waals surface area contributed by atoms with Crippen molar-refractivity contribution in [3.05, 3.63) is 27.1 Å². The van der Waals surface area contributed by atoms with Gasteiger partial charge in [-0.1, -0.05) is 0 Å². The predicted molar refractivity (Wildman–Crippen MR) is 50.3 cm³/mol. The Bertz CT molecular complexity index is 275. The molecule has 0 saturated heterocycles. The minimum atomic E-state index is 0.735. The topological polar surface area (TPSA) is 22.1 Å². The van der Waals surface area contributed by atoms with Crippen LogP contribution in [-0.4, -0.2) is 11.6 Å². The maximum atomic E-state index is 5.31. The molecule has 0 fully saturated rings. The van der Waals surface area contributed by atoms with Crippen LogP contribution in [0.15, 0.2) is 12.4 Å². The highest BCUT2D eigenvalue weighted by Gasteiger charge is 2.11. The number of fused-ring (bicyclic) bond motifs is 1. The lowest BCUT2D eigenvalue weighted by molar-refractivity contribution is 0.110. The lowest BCUT2D eigenvalue weighted by Gasteiger charge is -2.16. The van der Waals surface area contributed by atoms with Gasteiger partial charge in [0.15, 0.2) is 0 Å². The molecule has 2 nitrogen and oxygen atoms in total. The molecule has 2 rings (SSSR count). The molecule has 1 aromatic heterocycles. The summed E-state index contributed by atoms with van der Waals surface area (Å²) in [6, 6.07) is 0. The van der Waals surface area contributed by atoms with Crippen LogP contribution in [0.25, 0.3) is 0 Å². The average Bonchev–Trinajstić information content (AvgIpc) is 2.06. The fraction of sp³-hybridized carbons (Fsp3) is 0.375. The Morgan fingerprint density at radius 3 is 3.18 bits per heavy atom. The SMILES string of the molecule is Ic1cncc2c1CCOC2. The van der Waals surface area contributed by atoms with Crippen LogP contribution in [0, 0.1) is 3.57 Å². The van der Waals surface area contributed by atoms with Crippen molar-refractivity contribution < 1.29 is 4.74 Å². The van der Waals surface area contributed by atoms with Gasteiger partial charge in [-0.3, -0.25) is 4.98 Å². The van der Waals surface area contributed by atoms with Crippen LogP contribution in [0.2, 0.25) is 0 Å². The third kappa shape index (κ3) is 1.39. The summed E-state index contributed by atoms with van der Waals surface area (Å²) < 4.78 is 6.57. The largest absolute Gasteiger partial charge is 0.376 e. The first-order chi connectivity index (χ1) is 5.38. The lowest BCUT2D eigenvalue weighted by atomic mass is 10.1. The first kappa shape index (κ1) is 7.49. The normalized spacial score (nSPS) is 16.1. The Morgan fingerprint density at radius 1 is 1.45 bits per heavy atom. The van der Waals surface area contributed by atoms with Crippen molar-refractivity contribution in [1.82, 2.24) is 4.98 Å². The summed E-state index contributed by atoms with van der Waals surface area (Å²) in [7, 11) is 0. The van der Waals surface area contributed by atoms with Crippen molar-refractivity contribution in [2.75, 3.05) is 6.61 Å². The first-order valence-corrected chi connectivity index (χ1v) is 4.65. The molecule has 0 radical (unpaired) electrons. The highest BCUT2D eigenvalue weighted by Crippen LogP contribution is 2.20. The Balaban J connectivity index is 2.49. The fourth-order valence-corrected chi connectivity index (χ4v) is 2.04. The van der Waals surface area contributed by atoms with Crippen molar-refractivity contribution in [3.8, 4) is 0 Å². The molecule has 0 N–H and O–H groups in total. The molecule has 2 heterocycles. The second-order valence-corrected chi connectivity index (χ2v) is 3.72. The van der Waals surface area contributed by atoms with E-state index < -0.39 is 0 Å². The number of aromatic nitrogens is 1. The van der Waals surface area contributed by atoms with Crippen LogP contribution in [0.3, 0.4) is 0 Å². The summed E-state index contributed by atoms with van der Waals surface area (Å²) in [5, 5.41) is 0. The maximum absolute atomic E-state index is 5.31. The van der Waals surface area contributed by atoms with Gasteiger partial charge < -0.3 is 4.74 Å². The Kier molecular flexibility index (Phi) is 2.09. The molecule has 0 saturated carbocycles. The molecular weight excluding hydrogens is 253 g/mol. The highest BCUT2D eigenvalue weighted by atomic mass is 127. The summed E-state index contributed by atoms with van der Waals surface area (Å²) in [4.78, 5) is 4.11. The smallest absolute Gasteiger partial charge is 0.0735 e. The first-order valence-electron chi connectivity index (χ1n) is 3.57. The van der Waals surface area contributed by atoms with Gasteiger partial charge in [0.2, 0.25) is 0 Å². The van der Waals surface area contributed by atoms with Crippen molar-refractivity contribution in [2.45, 2.75) is 13.0 Å². The van der Waals surface area contributed by atoms with Crippen LogP contribution in [0.4, 0.5) is 0 Å². The van der Waals surface area contributed by atoms with Crippen LogP contribution in [0.1, 0.15) is 11.1 Å². The lowest BCUT2D eigenvalue weighted by Crippen LogP contribution is -2.11. The fourth-order valence-electron chi connectivity index (χ4n) is 1.26. The van der Waals surface area contributed by atoms with E-state index in [1.807, 2.05) is 12.4 Å². The molecule has 11 heavy (non-hydrogen) atoms. The monoisotopic (exact) mass is 261 g/mol. The van der Waals surface area contributed by atoms with Gasteiger partial charge in [0.25, 0.3) is 0 Å². The van der Waals surface area contributed by atoms with Crippen LogP contribution >= 0.6 is 22.6 Å². The third-order valence-electron chi connectivity index (χ3n) is 1.85. The number of hydrogen-bond acceptors (Lipinski definition) is 2. The van der Waals surface area contributed by atoms with E-state index in [1.165, 1.54) is 14.7 Å². The van der Waals surface area contributed by atoms with E-state index in [0.717, 1.165) is 19.6 Å². The highest BCUT2D eigenvalue weighted by molar-refractivity contribution is 14.1. The van der Waals surface area contributed by atoms with Crippen molar-refractivity contribution in [1.29, 1.82) is 0 Å². The molecule has 1 aliphatic heterocycles. The second-order valence-electron chi connectivity index (χ2n) is 2.56. The number of pyridine rings is 1. The molecule has 58 valence electrons. The minimum Gasteiger partial charge on any atom is -0.376 e. The van der Waals surface area contributed by atoms with Crippen LogP contribution < -0.4 is 0 Å². The third-order valence-corrected chi connectivity index (χ3v) is 2.78. The Hall–Kier alpha value is -0.160. The van der Waals surface area contributed by atoms with Gasteiger partial charge in [-0.25, -0.2) is 0 Å². The van der Waals surface area contributed by atoms with E-state index in [2.05, 4.69) is 27.6 Å². The summed E-state index contributed by atoms with van der Waals surface area (Å²) >= 11 is 2.33. The number of hydrogen-bond donors (Lipinski definition) is 0. The molecule has 1 aliphatic rings. The summed E-state index contributed by atoms with van der Waals surface area (Å²) in [6.45, 7) is 1.59. The van der Waals surface area contributed by atoms with Crippen molar-refractivity contribution in [3.63, 3.8) is 0 Å². The number of nitrogens with zero attached hydrogens (tertiary/aromatic N) is 1. The quantitative estimate of drug-likeness (QED) is 0.664. The maximum Gasteiger partial charge on any atom is 0.0735 e. The summed E-state index contributed by atoms with van der Waals surface area (Å²) in [5.41, 5.74) is 2.68. The van der Waals surface area contributed by atoms with E-state index in [1.54, 1.807) is 0 Å². The van der Waals surface area contributed by atoms with Crippen molar-refractivity contribution >= 4 is 22.6 Å². The van der Waals surface area contributed by atoms with E-state index in [4.69, 9.17) is 4.74 Å². The molecular formula is C8H8INO. The predicted octanol–water partition coefficient (Wildman–Crippen LogP) is 1.76. The van der Waals surface area contributed by atoms with Crippen LogP contribution in [-0.2, 0) is 17.8 Å². The van der Waals surface area contributed by atoms with E-state index in [9.17, 15) is 0 Å². The van der Waals surface area contributed by atoms with Crippen molar-refractivity contribution in [2.24, 2.45) is 0 Å². The van der Waals surface area contributed by atoms with Crippen LogP contribution in [0.5, 0.6) is 0 Å². The van der Waals surface area contributed by atoms with E-state index in [-0.39, 0.29) is 0 Å². The van der Waals surface area contributed by atoms with Gasteiger partial charge in [0, 0.05) is 21.5 Å². The molecule has 0 atom stereocenters. The van der Waals surface area contributed by atoms with E-state index >= 15 is 0 Å². The zero-order chi connectivity index (χ0) is 7.68. The zero-order valence-corrected chi connectivity index (χ0v) is 8.17. The molecule has 1 aromatic rings. The molecule has 0 bridgehead atoms. The van der Waals surface area contributed by atoms with Gasteiger partial charge in [-0.15, -0.1) is 0 Å². The number of ether oxygens (including phenoxy) is 1. The molecule has 0 aliphatic carbocycles.